The highest BCUT2D eigenvalue weighted by atomic mass is 16.6. The van der Waals surface area contributed by atoms with Crippen LogP contribution in [0.4, 0.5) is 4.79 Å². The van der Waals surface area contributed by atoms with Gasteiger partial charge in [-0.1, -0.05) is 0 Å². The number of hydrogen-bond acceptors (Lipinski definition) is 6. The molecule has 1 aliphatic heterocycles. The average Bonchev–Trinajstić information content (AvgIpc) is 2.55. The standard InChI is InChI=1S/C10H13NO6/c1-3-16-9(14)7-6(12)5-11(8(7)13)10(15)17-4-2/h12H,3-5H2,1-2H3. The predicted octanol–water partition coefficient (Wildman–Crippen LogP) is 0.360. The summed E-state index contributed by atoms with van der Waals surface area (Å²) in [7, 11) is 0. The topological polar surface area (TPSA) is 93.1 Å². The number of carbonyl (C=O) groups excluding carboxylic acids is 3. The normalized spacial score (nSPS) is 15.2. The number of nitrogens with zero attached hydrogens (tertiary/aromatic N) is 1. The number of aliphatic hydroxyl groups is 1. The quantitative estimate of drug-likeness (QED) is 0.568. The molecular formula is C10H13NO6. The number of imide groups is 1. The van der Waals surface area contributed by atoms with Gasteiger partial charge in [-0.25, -0.2) is 14.5 Å². The van der Waals surface area contributed by atoms with Crippen molar-refractivity contribution in [3.8, 4) is 0 Å². The zero-order valence-electron chi connectivity index (χ0n) is 9.56. The molecule has 0 aliphatic carbocycles. The summed E-state index contributed by atoms with van der Waals surface area (Å²) in [5.74, 6) is -2.33. The van der Waals surface area contributed by atoms with E-state index < -0.39 is 29.3 Å². The number of rotatable bonds is 3. The molecule has 1 aliphatic rings. The number of amides is 2. The van der Waals surface area contributed by atoms with Crippen molar-refractivity contribution in [3.63, 3.8) is 0 Å². The van der Waals surface area contributed by atoms with Crippen molar-refractivity contribution in [2.45, 2.75) is 13.8 Å². The van der Waals surface area contributed by atoms with Gasteiger partial charge in [0.1, 0.15) is 5.76 Å². The number of ether oxygens (including phenoxy) is 2. The smallest absolute Gasteiger partial charge is 0.417 e. The fourth-order valence-electron chi connectivity index (χ4n) is 1.32. The molecule has 7 nitrogen and oxygen atoms in total. The summed E-state index contributed by atoms with van der Waals surface area (Å²) in [6.07, 6.45) is -0.900. The summed E-state index contributed by atoms with van der Waals surface area (Å²) in [6, 6.07) is 0. The molecule has 0 saturated heterocycles. The molecular weight excluding hydrogens is 230 g/mol. The van der Waals surface area contributed by atoms with Crippen LogP contribution in [0, 0.1) is 0 Å². The van der Waals surface area contributed by atoms with E-state index in [1.807, 2.05) is 0 Å². The summed E-state index contributed by atoms with van der Waals surface area (Å²) >= 11 is 0. The van der Waals surface area contributed by atoms with Crippen LogP contribution in [0.3, 0.4) is 0 Å². The van der Waals surface area contributed by atoms with Crippen LogP contribution in [0.15, 0.2) is 11.3 Å². The second-order valence-electron chi connectivity index (χ2n) is 3.13. The lowest BCUT2D eigenvalue weighted by Gasteiger charge is -2.12. The number of hydrogen-bond donors (Lipinski definition) is 1. The second kappa shape index (κ2) is 5.33. The molecule has 2 amide bonds. The Kier molecular flexibility index (Phi) is 4.08. The first-order chi connectivity index (χ1) is 8.02. The number of aliphatic hydroxyl groups excluding tert-OH is 1. The van der Waals surface area contributed by atoms with Crippen LogP contribution in [0.5, 0.6) is 0 Å². The molecule has 0 aromatic rings. The maximum atomic E-state index is 11.7. The van der Waals surface area contributed by atoms with Crippen LogP contribution in [0.25, 0.3) is 0 Å². The van der Waals surface area contributed by atoms with Crippen molar-refractivity contribution >= 4 is 18.0 Å². The van der Waals surface area contributed by atoms with Crippen LogP contribution in [0.1, 0.15) is 13.8 Å². The van der Waals surface area contributed by atoms with E-state index in [0.29, 0.717) is 4.90 Å². The summed E-state index contributed by atoms with van der Waals surface area (Å²) in [4.78, 5) is 35.0. The highest BCUT2D eigenvalue weighted by Gasteiger charge is 2.40. The molecule has 1 heterocycles. The molecule has 1 N–H and O–H groups in total. The van der Waals surface area contributed by atoms with Gasteiger partial charge in [-0.15, -0.1) is 0 Å². The summed E-state index contributed by atoms with van der Waals surface area (Å²) in [5.41, 5.74) is -0.514. The Hall–Kier alpha value is -2.05. The zero-order chi connectivity index (χ0) is 13.0. The van der Waals surface area contributed by atoms with Crippen molar-refractivity contribution in [2.24, 2.45) is 0 Å². The van der Waals surface area contributed by atoms with E-state index in [2.05, 4.69) is 9.47 Å². The van der Waals surface area contributed by atoms with Gasteiger partial charge in [-0.2, -0.15) is 0 Å². The minimum atomic E-state index is -0.943. The Bertz CT molecular complexity index is 386. The van der Waals surface area contributed by atoms with Gasteiger partial charge >= 0.3 is 12.1 Å². The molecule has 0 bridgehead atoms. The van der Waals surface area contributed by atoms with Gasteiger partial charge in [0.2, 0.25) is 0 Å². The molecule has 0 unspecified atom stereocenters. The first-order valence-corrected chi connectivity index (χ1v) is 5.10. The van der Waals surface area contributed by atoms with E-state index >= 15 is 0 Å². The second-order valence-corrected chi connectivity index (χ2v) is 3.13. The minimum Gasteiger partial charge on any atom is -0.509 e. The Labute approximate surface area is 97.6 Å². The Balaban J connectivity index is 2.82. The van der Waals surface area contributed by atoms with Gasteiger partial charge in [-0.05, 0) is 13.8 Å². The molecule has 17 heavy (non-hydrogen) atoms. The molecule has 7 heteroatoms. The average molecular weight is 243 g/mol. The Morgan fingerprint density at radius 3 is 2.41 bits per heavy atom. The van der Waals surface area contributed by atoms with Gasteiger partial charge < -0.3 is 14.6 Å². The molecule has 1 rings (SSSR count). The fourth-order valence-corrected chi connectivity index (χ4v) is 1.32. The molecule has 0 atom stereocenters. The first kappa shape index (κ1) is 13.0. The lowest BCUT2D eigenvalue weighted by Crippen LogP contribution is -2.35. The molecule has 0 aromatic heterocycles. The van der Waals surface area contributed by atoms with Gasteiger partial charge in [0.15, 0.2) is 5.57 Å². The van der Waals surface area contributed by atoms with Crippen LogP contribution >= 0.6 is 0 Å². The van der Waals surface area contributed by atoms with E-state index in [-0.39, 0.29) is 19.8 Å². The summed E-state index contributed by atoms with van der Waals surface area (Å²) in [6.45, 7) is 2.95. The third-order valence-electron chi connectivity index (χ3n) is 2.02. The number of carbonyl (C=O) groups is 3. The number of esters is 1. The third-order valence-corrected chi connectivity index (χ3v) is 2.02. The van der Waals surface area contributed by atoms with Crippen molar-refractivity contribution in [1.29, 1.82) is 0 Å². The Morgan fingerprint density at radius 1 is 1.29 bits per heavy atom. The summed E-state index contributed by atoms with van der Waals surface area (Å²) < 4.78 is 9.21. The minimum absolute atomic E-state index is 0.0717. The van der Waals surface area contributed by atoms with Crippen molar-refractivity contribution < 1.29 is 29.0 Å². The van der Waals surface area contributed by atoms with Crippen LogP contribution in [-0.4, -0.2) is 47.7 Å². The van der Waals surface area contributed by atoms with E-state index in [1.54, 1.807) is 13.8 Å². The van der Waals surface area contributed by atoms with E-state index in [0.717, 1.165) is 0 Å². The highest BCUT2D eigenvalue weighted by Crippen LogP contribution is 2.19. The molecule has 0 fully saturated rings. The SMILES string of the molecule is CCOC(=O)C1=C(O)CN(C(=O)OCC)C1=O. The third kappa shape index (κ3) is 2.55. The molecule has 0 saturated carbocycles. The van der Waals surface area contributed by atoms with Crippen molar-refractivity contribution in [3.05, 3.63) is 11.3 Å². The molecule has 0 aromatic carbocycles. The fraction of sp³-hybridized carbons (Fsp3) is 0.500. The van der Waals surface area contributed by atoms with Crippen LogP contribution < -0.4 is 0 Å². The lowest BCUT2D eigenvalue weighted by atomic mass is 10.2. The largest absolute Gasteiger partial charge is 0.509 e. The predicted molar refractivity (Wildman–Crippen MR) is 55.0 cm³/mol. The van der Waals surface area contributed by atoms with Crippen molar-refractivity contribution in [1.82, 2.24) is 4.90 Å². The highest BCUT2D eigenvalue weighted by molar-refractivity contribution is 6.21. The van der Waals surface area contributed by atoms with Gasteiger partial charge in [0.05, 0.1) is 19.8 Å². The van der Waals surface area contributed by atoms with Crippen LogP contribution in [-0.2, 0) is 19.1 Å². The van der Waals surface area contributed by atoms with E-state index in [1.165, 1.54) is 0 Å². The molecule has 0 radical (unpaired) electrons. The maximum Gasteiger partial charge on any atom is 0.417 e. The van der Waals surface area contributed by atoms with Gasteiger partial charge in [-0.3, -0.25) is 4.79 Å². The van der Waals surface area contributed by atoms with Crippen LogP contribution in [0.2, 0.25) is 0 Å². The molecule has 94 valence electrons. The lowest BCUT2D eigenvalue weighted by molar-refractivity contribution is -0.141. The van der Waals surface area contributed by atoms with E-state index in [9.17, 15) is 19.5 Å². The monoisotopic (exact) mass is 243 g/mol. The zero-order valence-corrected chi connectivity index (χ0v) is 9.56. The first-order valence-electron chi connectivity index (χ1n) is 5.10. The molecule has 0 spiro atoms. The van der Waals surface area contributed by atoms with Crippen molar-refractivity contribution in [2.75, 3.05) is 19.8 Å². The maximum absolute atomic E-state index is 11.7. The van der Waals surface area contributed by atoms with Gasteiger partial charge in [0, 0.05) is 0 Å². The summed E-state index contributed by atoms with van der Waals surface area (Å²) in [5, 5.41) is 9.45. The van der Waals surface area contributed by atoms with E-state index in [4.69, 9.17) is 0 Å². The Morgan fingerprint density at radius 2 is 1.88 bits per heavy atom. The van der Waals surface area contributed by atoms with Gasteiger partial charge in [0.25, 0.3) is 5.91 Å².